The van der Waals surface area contributed by atoms with E-state index in [1.54, 1.807) is 6.20 Å². The lowest BCUT2D eigenvalue weighted by atomic mass is 10.0. The van der Waals surface area contributed by atoms with Crippen molar-refractivity contribution in [3.05, 3.63) is 42.7 Å². The summed E-state index contributed by atoms with van der Waals surface area (Å²) in [6, 6.07) is 11.3. The zero-order chi connectivity index (χ0) is 17.8. The second-order valence-electron chi connectivity index (χ2n) is 7.19. The Labute approximate surface area is 155 Å². The van der Waals surface area contributed by atoms with Crippen LogP contribution >= 0.6 is 0 Å². The van der Waals surface area contributed by atoms with Gasteiger partial charge >= 0.3 is 0 Å². The van der Waals surface area contributed by atoms with E-state index in [1.165, 1.54) is 18.5 Å². The van der Waals surface area contributed by atoms with Gasteiger partial charge < -0.3 is 19.3 Å². The first-order valence-corrected chi connectivity index (χ1v) is 9.54. The highest BCUT2D eigenvalue weighted by atomic mass is 16.6. The van der Waals surface area contributed by atoms with E-state index in [0.29, 0.717) is 6.04 Å². The molecule has 0 spiro atoms. The molecule has 2 aliphatic heterocycles. The average molecular weight is 356 g/mol. The molecule has 0 N–H and O–H groups in total. The van der Waals surface area contributed by atoms with Gasteiger partial charge in [0.05, 0.1) is 31.6 Å². The molecule has 0 saturated carbocycles. The van der Waals surface area contributed by atoms with Crippen LogP contribution in [0.1, 0.15) is 12.8 Å². The van der Waals surface area contributed by atoms with Crippen molar-refractivity contribution < 1.29 is 9.47 Å². The number of aromatic nitrogens is 2. The Morgan fingerprint density at radius 2 is 1.88 bits per heavy atom. The van der Waals surface area contributed by atoms with Crippen molar-refractivity contribution in [3.8, 4) is 5.69 Å². The van der Waals surface area contributed by atoms with Crippen LogP contribution in [0.25, 0.3) is 5.69 Å². The predicted molar refractivity (Wildman–Crippen MR) is 102 cm³/mol. The van der Waals surface area contributed by atoms with E-state index in [-0.39, 0.29) is 6.10 Å². The summed E-state index contributed by atoms with van der Waals surface area (Å²) in [7, 11) is 2.22. The molecule has 6 nitrogen and oxygen atoms in total. The van der Waals surface area contributed by atoms with Crippen molar-refractivity contribution in [1.82, 2.24) is 14.7 Å². The van der Waals surface area contributed by atoms with Crippen LogP contribution in [0, 0.1) is 0 Å². The highest BCUT2D eigenvalue weighted by molar-refractivity contribution is 5.51. The van der Waals surface area contributed by atoms with Crippen LogP contribution in [-0.2, 0) is 9.47 Å². The van der Waals surface area contributed by atoms with E-state index in [1.807, 2.05) is 16.9 Å². The molecule has 0 bridgehead atoms. The van der Waals surface area contributed by atoms with Crippen LogP contribution in [0.3, 0.4) is 0 Å². The fourth-order valence-corrected chi connectivity index (χ4v) is 3.91. The number of rotatable bonds is 5. The second-order valence-corrected chi connectivity index (χ2v) is 7.19. The van der Waals surface area contributed by atoms with Gasteiger partial charge in [-0.1, -0.05) is 0 Å². The Balaban J connectivity index is 1.29. The molecule has 140 valence electrons. The molecule has 6 heteroatoms. The van der Waals surface area contributed by atoms with Gasteiger partial charge in [0, 0.05) is 43.8 Å². The Hall–Kier alpha value is -1.89. The maximum absolute atomic E-state index is 5.79. The third-order valence-electron chi connectivity index (χ3n) is 5.45. The maximum atomic E-state index is 5.79. The topological polar surface area (TPSA) is 42.8 Å². The second kappa shape index (κ2) is 8.20. The summed E-state index contributed by atoms with van der Waals surface area (Å²) in [5, 5.41) is 4.28. The van der Waals surface area contributed by atoms with Crippen molar-refractivity contribution in [1.29, 1.82) is 0 Å². The first-order chi connectivity index (χ1) is 12.8. The minimum absolute atomic E-state index is 0.224. The van der Waals surface area contributed by atoms with Crippen LogP contribution in [0.5, 0.6) is 0 Å². The van der Waals surface area contributed by atoms with E-state index in [9.17, 15) is 0 Å². The van der Waals surface area contributed by atoms with Crippen LogP contribution in [-0.4, -0.2) is 73.3 Å². The zero-order valence-electron chi connectivity index (χ0n) is 15.5. The van der Waals surface area contributed by atoms with Gasteiger partial charge in [0.1, 0.15) is 0 Å². The molecule has 0 radical (unpaired) electrons. The summed E-state index contributed by atoms with van der Waals surface area (Å²) in [5.74, 6) is 0. The molecule has 4 rings (SSSR count). The number of anilines is 1. The summed E-state index contributed by atoms with van der Waals surface area (Å²) in [4.78, 5) is 4.94. The molecule has 2 saturated heterocycles. The third kappa shape index (κ3) is 4.09. The van der Waals surface area contributed by atoms with Gasteiger partial charge in [-0.25, -0.2) is 4.68 Å². The Morgan fingerprint density at radius 3 is 2.54 bits per heavy atom. The zero-order valence-corrected chi connectivity index (χ0v) is 15.5. The molecule has 0 aliphatic carbocycles. The maximum Gasteiger partial charge on any atom is 0.0936 e. The fourth-order valence-electron chi connectivity index (χ4n) is 3.91. The molecule has 0 amide bonds. The predicted octanol–water partition coefficient (Wildman–Crippen LogP) is 2.19. The first kappa shape index (κ1) is 17.5. The molecule has 1 unspecified atom stereocenters. The van der Waals surface area contributed by atoms with E-state index < -0.39 is 0 Å². The fraction of sp³-hybridized carbons (Fsp3) is 0.550. The van der Waals surface area contributed by atoms with Gasteiger partial charge in [-0.3, -0.25) is 0 Å². The summed E-state index contributed by atoms with van der Waals surface area (Å²) in [6.07, 6.45) is 6.37. The molecule has 2 fully saturated rings. The SMILES string of the molecule is CN(CC1COCCO1)C1CCN(c2ccc(-n3cccn3)cc2)CC1. The number of hydrogen-bond acceptors (Lipinski definition) is 5. The van der Waals surface area contributed by atoms with E-state index in [2.05, 4.69) is 46.2 Å². The van der Waals surface area contributed by atoms with Crippen LogP contribution < -0.4 is 4.90 Å². The van der Waals surface area contributed by atoms with Gasteiger partial charge in [-0.2, -0.15) is 5.10 Å². The van der Waals surface area contributed by atoms with Crippen molar-refractivity contribution in [3.63, 3.8) is 0 Å². The van der Waals surface area contributed by atoms with Crippen molar-refractivity contribution in [2.24, 2.45) is 0 Å². The first-order valence-electron chi connectivity index (χ1n) is 9.54. The number of hydrogen-bond donors (Lipinski definition) is 0. The van der Waals surface area contributed by atoms with E-state index in [0.717, 1.165) is 45.1 Å². The molecule has 26 heavy (non-hydrogen) atoms. The smallest absolute Gasteiger partial charge is 0.0936 e. The summed E-state index contributed by atoms with van der Waals surface area (Å²) >= 11 is 0. The van der Waals surface area contributed by atoms with Gasteiger partial charge in [0.15, 0.2) is 0 Å². The minimum atomic E-state index is 0.224. The summed E-state index contributed by atoms with van der Waals surface area (Å²) < 4.78 is 13.2. The molecular weight excluding hydrogens is 328 g/mol. The van der Waals surface area contributed by atoms with Gasteiger partial charge in [-0.05, 0) is 50.2 Å². The summed E-state index contributed by atoms with van der Waals surface area (Å²) in [6.45, 7) is 5.34. The Morgan fingerprint density at radius 1 is 1.12 bits per heavy atom. The lowest BCUT2D eigenvalue weighted by Gasteiger charge is -2.39. The van der Waals surface area contributed by atoms with E-state index in [4.69, 9.17) is 9.47 Å². The largest absolute Gasteiger partial charge is 0.376 e. The monoisotopic (exact) mass is 356 g/mol. The lowest BCUT2D eigenvalue weighted by molar-refractivity contribution is -0.0989. The van der Waals surface area contributed by atoms with Crippen LogP contribution in [0.15, 0.2) is 42.7 Å². The molecule has 1 atom stereocenters. The Bertz CT molecular complexity index is 660. The molecular formula is C20H28N4O2. The number of benzene rings is 1. The van der Waals surface area contributed by atoms with Gasteiger partial charge in [-0.15, -0.1) is 0 Å². The van der Waals surface area contributed by atoms with Crippen molar-refractivity contribution >= 4 is 5.69 Å². The lowest BCUT2D eigenvalue weighted by Crippen LogP contribution is -2.47. The summed E-state index contributed by atoms with van der Waals surface area (Å²) in [5.41, 5.74) is 2.40. The van der Waals surface area contributed by atoms with Crippen LogP contribution in [0.2, 0.25) is 0 Å². The number of nitrogens with zero attached hydrogens (tertiary/aromatic N) is 4. The molecule has 3 heterocycles. The van der Waals surface area contributed by atoms with Crippen molar-refractivity contribution in [2.75, 3.05) is 51.4 Å². The van der Waals surface area contributed by atoms with E-state index >= 15 is 0 Å². The standard InChI is InChI=1S/C20H28N4O2/c1-22(15-20-16-25-13-14-26-20)17-7-11-23(12-8-17)18-3-5-19(6-4-18)24-10-2-9-21-24/h2-6,9-10,17,20H,7-8,11-16H2,1H3. The molecule has 2 aliphatic rings. The highest BCUT2D eigenvalue weighted by Crippen LogP contribution is 2.23. The quantitative estimate of drug-likeness (QED) is 0.822. The molecule has 1 aromatic heterocycles. The molecule has 1 aromatic carbocycles. The average Bonchev–Trinajstić information content (AvgIpc) is 3.24. The van der Waals surface area contributed by atoms with Crippen molar-refractivity contribution in [2.45, 2.75) is 25.0 Å². The number of piperidine rings is 1. The molecule has 2 aromatic rings. The minimum Gasteiger partial charge on any atom is -0.376 e. The van der Waals surface area contributed by atoms with Gasteiger partial charge in [0.25, 0.3) is 0 Å². The highest BCUT2D eigenvalue weighted by Gasteiger charge is 2.25. The number of ether oxygens (including phenoxy) is 2. The normalized spacial score (nSPS) is 22.1. The third-order valence-corrected chi connectivity index (χ3v) is 5.45. The number of likely N-dealkylation sites (N-methyl/N-ethyl adjacent to an activating group) is 1. The van der Waals surface area contributed by atoms with Crippen LogP contribution in [0.4, 0.5) is 5.69 Å². The van der Waals surface area contributed by atoms with Gasteiger partial charge in [0.2, 0.25) is 0 Å². The Kier molecular flexibility index (Phi) is 5.53.